The van der Waals surface area contributed by atoms with Gasteiger partial charge >= 0.3 is 6.03 Å². The number of hydrogen-bond acceptors (Lipinski definition) is 6. The van der Waals surface area contributed by atoms with Crippen molar-refractivity contribution in [1.29, 1.82) is 0 Å². The van der Waals surface area contributed by atoms with Crippen LogP contribution < -0.4 is 10.1 Å². The Kier molecular flexibility index (Phi) is 5.09. The third kappa shape index (κ3) is 3.47. The molecule has 2 aromatic rings. The van der Waals surface area contributed by atoms with E-state index in [2.05, 4.69) is 11.4 Å². The van der Waals surface area contributed by atoms with Gasteiger partial charge in [0.2, 0.25) is 0 Å². The number of thiazole rings is 1. The minimum atomic E-state index is -0.128. The minimum Gasteiger partial charge on any atom is -0.494 e. The fourth-order valence-corrected chi connectivity index (χ4v) is 5.96. The van der Waals surface area contributed by atoms with E-state index in [1.165, 1.54) is 16.9 Å². The van der Waals surface area contributed by atoms with E-state index < -0.39 is 0 Å². The van der Waals surface area contributed by atoms with E-state index in [4.69, 9.17) is 19.2 Å². The summed E-state index contributed by atoms with van der Waals surface area (Å²) in [5.74, 6) is 1.19. The number of amides is 2. The fourth-order valence-electron chi connectivity index (χ4n) is 4.90. The van der Waals surface area contributed by atoms with Crippen molar-refractivity contribution in [3.8, 4) is 5.75 Å². The first-order chi connectivity index (χ1) is 14.1. The average Bonchev–Trinajstić information content (AvgIpc) is 3.48. The molecule has 2 amide bonds. The molecule has 4 heterocycles. The zero-order chi connectivity index (χ0) is 20.0. The maximum atomic E-state index is 12.9. The standard InChI is InChI=1S/C21H27N3O4S/c1-24(15-11-13-3-5-16(15)28-13)21(25)23-20-22-18-17(26-2)6-4-14(19(18)29-20)12-7-9-27-10-8-12/h4,6,12-13,15-16H,3,5,7-11H2,1-2H3,(H,22,23,25)/t13-,15-,16+/m0/s1. The first-order valence-corrected chi connectivity index (χ1v) is 11.2. The molecule has 0 spiro atoms. The van der Waals surface area contributed by atoms with E-state index in [1.807, 2.05) is 13.1 Å². The van der Waals surface area contributed by atoms with Gasteiger partial charge in [-0.15, -0.1) is 0 Å². The lowest BCUT2D eigenvalue weighted by Crippen LogP contribution is -2.44. The number of ether oxygens (including phenoxy) is 3. The molecule has 3 fully saturated rings. The number of nitrogens with one attached hydrogen (secondary N) is 1. The van der Waals surface area contributed by atoms with Crippen LogP contribution in [0, 0.1) is 0 Å². The highest BCUT2D eigenvalue weighted by atomic mass is 32.1. The van der Waals surface area contributed by atoms with Crippen molar-refractivity contribution in [1.82, 2.24) is 9.88 Å². The maximum Gasteiger partial charge on any atom is 0.323 e. The van der Waals surface area contributed by atoms with Gasteiger partial charge in [-0.1, -0.05) is 17.4 Å². The highest BCUT2D eigenvalue weighted by Crippen LogP contribution is 2.41. The van der Waals surface area contributed by atoms with Crippen LogP contribution in [-0.2, 0) is 9.47 Å². The number of nitrogens with zero attached hydrogens (tertiary/aromatic N) is 2. The maximum absolute atomic E-state index is 12.9. The van der Waals surface area contributed by atoms with Gasteiger partial charge in [0.25, 0.3) is 0 Å². The second-order valence-corrected chi connectivity index (χ2v) is 9.16. The number of hydrogen-bond donors (Lipinski definition) is 1. The number of carbonyl (C=O) groups is 1. The van der Waals surface area contributed by atoms with Crippen molar-refractivity contribution in [2.75, 3.05) is 32.7 Å². The summed E-state index contributed by atoms with van der Waals surface area (Å²) < 4.78 is 18.1. The van der Waals surface area contributed by atoms with Gasteiger partial charge in [-0.05, 0) is 49.7 Å². The summed E-state index contributed by atoms with van der Waals surface area (Å²) in [7, 11) is 3.51. The molecule has 5 rings (SSSR count). The molecule has 1 aromatic carbocycles. The molecule has 2 bridgehead atoms. The number of benzene rings is 1. The lowest BCUT2D eigenvalue weighted by molar-refractivity contribution is 0.0844. The Morgan fingerprint density at radius 1 is 1.28 bits per heavy atom. The number of likely N-dealkylation sites (N-methyl/N-ethyl adjacent to an activating group) is 1. The molecule has 0 aliphatic carbocycles. The van der Waals surface area contributed by atoms with Gasteiger partial charge in [-0.2, -0.15) is 0 Å². The van der Waals surface area contributed by atoms with E-state index in [-0.39, 0.29) is 18.2 Å². The first-order valence-electron chi connectivity index (χ1n) is 10.4. The summed E-state index contributed by atoms with van der Waals surface area (Å²) in [6, 6.07) is 4.14. The van der Waals surface area contributed by atoms with Crippen LogP contribution in [-0.4, -0.2) is 61.5 Å². The largest absolute Gasteiger partial charge is 0.494 e. The lowest BCUT2D eigenvalue weighted by atomic mass is 9.91. The molecule has 3 aliphatic rings. The number of carbonyl (C=O) groups excluding carboxylic acids is 1. The third-order valence-electron chi connectivity index (χ3n) is 6.52. The van der Waals surface area contributed by atoms with Crippen molar-refractivity contribution in [3.63, 3.8) is 0 Å². The molecule has 156 valence electrons. The Balaban J connectivity index is 1.39. The monoisotopic (exact) mass is 417 g/mol. The molecule has 29 heavy (non-hydrogen) atoms. The quantitative estimate of drug-likeness (QED) is 0.815. The van der Waals surface area contributed by atoms with Crippen LogP contribution in [0.15, 0.2) is 12.1 Å². The SMILES string of the molecule is COc1ccc(C2CCOCC2)c2sc(NC(=O)N(C)[C@H]3C[C@@H]4CC[C@H]3O4)nc12. The summed E-state index contributed by atoms with van der Waals surface area (Å²) in [5, 5.41) is 3.62. The first kappa shape index (κ1) is 19.1. The number of rotatable bonds is 4. The second-order valence-electron chi connectivity index (χ2n) is 8.16. The van der Waals surface area contributed by atoms with E-state index in [0.717, 1.165) is 61.3 Å². The van der Waals surface area contributed by atoms with Gasteiger partial charge in [-0.3, -0.25) is 5.32 Å². The summed E-state index contributed by atoms with van der Waals surface area (Å²) in [4.78, 5) is 19.4. The van der Waals surface area contributed by atoms with Gasteiger partial charge in [0, 0.05) is 20.3 Å². The van der Waals surface area contributed by atoms with Gasteiger partial charge in [0.1, 0.15) is 11.3 Å². The van der Waals surface area contributed by atoms with Crippen LogP contribution in [0.5, 0.6) is 5.75 Å². The summed E-state index contributed by atoms with van der Waals surface area (Å²) >= 11 is 1.53. The molecular weight excluding hydrogens is 390 g/mol. The highest BCUT2D eigenvalue weighted by molar-refractivity contribution is 7.22. The zero-order valence-corrected chi connectivity index (χ0v) is 17.7. The van der Waals surface area contributed by atoms with Gasteiger partial charge in [0.15, 0.2) is 5.13 Å². The van der Waals surface area contributed by atoms with Crippen LogP contribution in [0.3, 0.4) is 0 Å². The molecule has 7 nitrogen and oxygen atoms in total. The van der Waals surface area contributed by atoms with Crippen molar-refractivity contribution >= 4 is 32.7 Å². The topological polar surface area (TPSA) is 72.9 Å². The average molecular weight is 418 g/mol. The number of anilines is 1. The van der Waals surface area contributed by atoms with Gasteiger partial charge < -0.3 is 19.1 Å². The molecule has 0 radical (unpaired) electrons. The van der Waals surface area contributed by atoms with Crippen LogP contribution in [0.25, 0.3) is 10.2 Å². The van der Waals surface area contributed by atoms with E-state index >= 15 is 0 Å². The van der Waals surface area contributed by atoms with Crippen molar-refractivity contribution in [2.45, 2.75) is 56.3 Å². The minimum absolute atomic E-state index is 0.128. The Labute approximate surface area is 174 Å². The lowest BCUT2D eigenvalue weighted by Gasteiger charge is -2.29. The van der Waals surface area contributed by atoms with Crippen LogP contribution in [0.4, 0.5) is 9.93 Å². The van der Waals surface area contributed by atoms with Crippen LogP contribution >= 0.6 is 11.3 Å². The van der Waals surface area contributed by atoms with E-state index in [9.17, 15) is 4.79 Å². The Bertz CT molecular complexity index is 911. The molecule has 3 aliphatic heterocycles. The molecule has 3 saturated heterocycles. The fraction of sp³-hybridized carbons (Fsp3) is 0.619. The predicted molar refractivity (Wildman–Crippen MR) is 112 cm³/mol. The van der Waals surface area contributed by atoms with Crippen molar-refractivity contribution < 1.29 is 19.0 Å². The summed E-state index contributed by atoms with van der Waals surface area (Å²) in [6.45, 7) is 1.58. The number of methoxy groups -OCH3 is 1. The predicted octanol–water partition coefficient (Wildman–Crippen LogP) is 3.98. The Morgan fingerprint density at radius 3 is 2.79 bits per heavy atom. The number of fused-ring (bicyclic) bond motifs is 3. The normalized spacial score (nSPS) is 26.8. The molecule has 8 heteroatoms. The van der Waals surface area contributed by atoms with Crippen LogP contribution in [0.1, 0.15) is 43.6 Å². The highest BCUT2D eigenvalue weighted by Gasteiger charge is 2.44. The van der Waals surface area contributed by atoms with Crippen LogP contribution in [0.2, 0.25) is 0 Å². The smallest absolute Gasteiger partial charge is 0.323 e. The third-order valence-corrected chi connectivity index (χ3v) is 7.54. The van der Waals surface area contributed by atoms with Gasteiger partial charge in [0.05, 0.1) is 30.1 Å². The second kappa shape index (κ2) is 7.74. The Morgan fingerprint density at radius 2 is 2.10 bits per heavy atom. The molecule has 1 N–H and O–H groups in total. The number of aromatic nitrogens is 1. The van der Waals surface area contributed by atoms with E-state index in [0.29, 0.717) is 17.2 Å². The van der Waals surface area contributed by atoms with Crippen molar-refractivity contribution in [2.24, 2.45) is 0 Å². The summed E-state index contributed by atoms with van der Waals surface area (Å²) in [6.07, 6.45) is 5.58. The molecule has 3 atom stereocenters. The number of urea groups is 1. The molecule has 1 aromatic heterocycles. The van der Waals surface area contributed by atoms with Gasteiger partial charge in [-0.25, -0.2) is 9.78 Å². The Hall–Kier alpha value is -1.90. The van der Waals surface area contributed by atoms with Crippen molar-refractivity contribution in [3.05, 3.63) is 17.7 Å². The zero-order valence-electron chi connectivity index (χ0n) is 16.8. The molecule has 0 unspecified atom stereocenters. The summed E-state index contributed by atoms with van der Waals surface area (Å²) in [5.41, 5.74) is 2.10. The molecule has 0 saturated carbocycles. The molecular formula is C21H27N3O4S. The van der Waals surface area contributed by atoms with E-state index in [1.54, 1.807) is 12.0 Å².